The molecule has 2 heterocycles. The quantitative estimate of drug-likeness (QED) is 0.318. The molecule has 5 N–H and O–H groups in total. The molecule has 2 aliphatic heterocycles. The zero-order valence-corrected chi connectivity index (χ0v) is 22.0. The minimum Gasteiger partial charge on any atom is -0.479 e. The molecule has 11 nitrogen and oxygen atoms in total. The van der Waals surface area contributed by atoms with E-state index in [1.165, 1.54) is 16.7 Å². The number of aliphatic hydroxyl groups excluding tert-OH is 2. The van der Waals surface area contributed by atoms with Crippen LogP contribution in [-0.2, 0) is 9.59 Å². The van der Waals surface area contributed by atoms with E-state index in [1.807, 2.05) is 17.0 Å². The first-order chi connectivity index (χ1) is 19.2. The van der Waals surface area contributed by atoms with Crippen LogP contribution in [0.25, 0.3) is 0 Å². The lowest BCUT2D eigenvalue weighted by atomic mass is 9.93. The minimum absolute atomic E-state index is 0.0723. The molecule has 2 aromatic carbocycles. The molecule has 0 aromatic heterocycles. The van der Waals surface area contributed by atoms with Crippen LogP contribution in [0.1, 0.15) is 35.1 Å². The maximum atomic E-state index is 13.4. The summed E-state index contributed by atoms with van der Waals surface area (Å²) in [6, 6.07) is 16.3. The van der Waals surface area contributed by atoms with Gasteiger partial charge in [0.05, 0.1) is 0 Å². The first kappa shape index (κ1) is 29.4. The van der Waals surface area contributed by atoms with Gasteiger partial charge in [-0.25, -0.2) is 18.8 Å². The predicted octanol–water partition coefficient (Wildman–Crippen LogP) is 0.923. The molecule has 2 saturated heterocycles. The lowest BCUT2D eigenvalue weighted by molar-refractivity contribution is -0.165. The van der Waals surface area contributed by atoms with Crippen LogP contribution in [0.5, 0.6) is 0 Å². The highest BCUT2D eigenvalue weighted by Gasteiger charge is 2.36. The molecule has 0 radical (unpaired) electrons. The van der Waals surface area contributed by atoms with Crippen LogP contribution in [0.4, 0.5) is 9.18 Å². The summed E-state index contributed by atoms with van der Waals surface area (Å²) in [6.07, 6.45) is -3.48. The number of nitrogens with zero attached hydrogens (tertiary/aromatic N) is 3. The Morgan fingerprint density at radius 3 is 2.02 bits per heavy atom. The van der Waals surface area contributed by atoms with Gasteiger partial charge in [0, 0.05) is 64.3 Å². The first-order valence-corrected chi connectivity index (χ1v) is 13.3. The zero-order valence-electron chi connectivity index (χ0n) is 22.0. The van der Waals surface area contributed by atoms with Crippen LogP contribution in [0.2, 0.25) is 0 Å². The van der Waals surface area contributed by atoms with Crippen LogP contribution >= 0.6 is 0 Å². The van der Waals surface area contributed by atoms with Gasteiger partial charge in [-0.05, 0) is 35.2 Å². The van der Waals surface area contributed by atoms with E-state index in [2.05, 4.69) is 39.4 Å². The van der Waals surface area contributed by atoms with Crippen molar-refractivity contribution in [3.63, 3.8) is 0 Å². The predicted molar refractivity (Wildman–Crippen MR) is 142 cm³/mol. The van der Waals surface area contributed by atoms with Crippen molar-refractivity contribution in [2.24, 2.45) is 0 Å². The van der Waals surface area contributed by atoms with E-state index in [4.69, 9.17) is 20.4 Å². The molecule has 0 bridgehead atoms. The Balaban J connectivity index is 0.000000318. The number of halogens is 1. The summed E-state index contributed by atoms with van der Waals surface area (Å²) in [5, 5.41) is 35.4. The molecule has 0 saturated carbocycles. The SMILES string of the molecule is O=C(O)[C@H](O)[C@@H](O)C(=O)O.O=C1NCCN1CCN1CCN([C@@H]2C[C@@H](c3ccc(F)cc3)c3ccccc32)CC1. The normalized spacial score (nSPS) is 22.6. The Bertz CT molecular complexity index is 1170. The third-order valence-corrected chi connectivity index (χ3v) is 7.75. The summed E-state index contributed by atoms with van der Waals surface area (Å²) in [6.45, 7) is 7.50. The molecule has 0 spiro atoms. The third-order valence-electron chi connectivity index (χ3n) is 7.75. The van der Waals surface area contributed by atoms with Gasteiger partial charge in [0.15, 0.2) is 12.2 Å². The van der Waals surface area contributed by atoms with Crippen molar-refractivity contribution in [2.75, 3.05) is 52.4 Å². The highest BCUT2D eigenvalue weighted by Crippen LogP contribution is 2.46. The van der Waals surface area contributed by atoms with Crippen LogP contribution in [0.15, 0.2) is 48.5 Å². The Morgan fingerprint density at radius 2 is 1.48 bits per heavy atom. The molecule has 216 valence electrons. The maximum Gasteiger partial charge on any atom is 0.335 e. The number of carbonyl (C=O) groups is 3. The van der Waals surface area contributed by atoms with Gasteiger partial charge in [0.2, 0.25) is 0 Å². The Kier molecular flexibility index (Phi) is 9.69. The smallest absolute Gasteiger partial charge is 0.335 e. The molecule has 1 aliphatic carbocycles. The van der Waals surface area contributed by atoms with E-state index >= 15 is 0 Å². The first-order valence-electron chi connectivity index (χ1n) is 13.3. The molecule has 12 heteroatoms. The van der Waals surface area contributed by atoms with Gasteiger partial charge in [-0.2, -0.15) is 0 Å². The summed E-state index contributed by atoms with van der Waals surface area (Å²) < 4.78 is 13.4. The number of urea groups is 1. The van der Waals surface area contributed by atoms with E-state index in [0.29, 0.717) is 12.0 Å². The number of benzene rings is 2. The summed E-state index contributed by atoms with van der Waals surface area (Å²) in [7, 11) is 0. The van der Waals surface area contributed by atoms with Gasteiger partial charge < -0.3 is 30.6 Å². The molecule has 3 aliphatic rings. The average Bonchev–Trinajstić information content (AvgIpc) is 3.55. The molecule has 2 amide bonds. The van der Waals surface area contributed by atoms with Crippen molar-refractivity contribution in [1.29, 1.82) is 0 Å². The Hall–Kier alpha value is -3.58. The van der Waals surface area contributed by atoms with Crippen molar-refractivity contribution in [1.82, 2.24) is 20.0 Å². The zero-order chi connectivity index (χ0) is 28.8. The van der Waals surface area contributed by atoms with Crippen molar-refractivity contribution in [2.45, 2.75) is 30.6 Å². The van der Waals surface area contributed by atoms with Crippen molar-refractivity contribution < 1.29 is 39.2 Å². The summed E-state index contributed by atoms with van der Waals surface area (Å²) in [5.41, 5.74) is 4.01. The number of carbonyl (C=O) groups excluding carboxylic acids is 1. The van der Waals surface area contributed by atoms with Crippen LogP contribution < -0.4 is 5.32 Å². The second-order valence-electron chi connectivity index (χ2n) is 10.1. The second kappa shape index (κ2) is 13.2. The average molecular weight is 559 g/mol. The number of amides is 2. The number of aliphatic hydroxyl groups is 2. The van der Waals surface area contributed by atoms with Gasteiger partial charge in [0.25, 0.3) is 0 Å². The number of hydrogen-bond donors (Lipinski definition) is 5. The number of nitrogens with one attached hydrogen (secondary N) is 1. The van der Waals surface area contributed by atoms with Gasteiger partial charge >= 0.3 is 18.0 Å². The summed E-state index contributed by atoms with van der Waals surface area (Å²) in [5.74, 6) is -3.38. The number of carboxylic acid groups (broad SMARTS) is 2. The van der Waals surface area contributed by atoms with Crippen molar-refractivity contribution in [3.8, 4) is 0 Å². The largest absolute Gasteiger partial charge is 0.479 e. The lowest BCUT2D eigenvalue weighted by Crippen LogP contribution is -2.49. The van der Waals surface area contributed by atoms with Crippen molar-refractivity contribution in [3.05, 3.63) is 71.0 Å². The molecular weight excluding hydrogens is 523 g/mol. The molecule has 4 atom stereocenters. The molecule has 40 heavy (non-hydrogen) atoms. The second-order valence-corrected chi connectivity index (χ2v) is 10.1. The highest BCUT2D eigenvalue weighted by molar-refractivity contribution is 5.83. The van der Waals surface area contributed by atoms with Gasteiger partial charge in [-0.1, -0.05) is 36.4 Å². The van der Waals surface area contributed by atoms with E-state index < -0.39 is 24.1 Å². The fourth-order valence-corrected chi connectivity index (χ4v) is 5.52. The highest BCUT2D eigenvalue weighted by atomic mass is 19.1. The van der Waals surface area contributed by atoms with Crippen LogP contribution in [0, 0.1) is 5.82 Å². The molecular formula is C28H35FN4O7. The van der Waals surface area contributed by atoms with E-state index in [0.717, 1.165) is 58.8 Å². The summed E-state index contributed by atoms with van der Waals surface area (Å²) >= 11 is 0. The van der Waals surface area contributed by atoms with E-state index in [9.17, 15) is 18.8 Å². The number of fused-ring (bicyclic) bond motifs is 1. The van der Waals surface area contributed by atoms with E-state index in [1.54, 1.807) is 12.1 Å². The topological polar surface area (TPSA) is 154 Å². The number of aliphatic carboxylic acids is 2. The van der Waals surface area contributed by atoms with Gasteiger partial charge in [-0.15, -0.1) is 0 Å². The fourth-order valence-electron chi connectivity index (χ4n) is 5.52. The van der Waals surface area contributed by atoms with Crippen LogP contribution in [0.3, 0.4) is 0 Å². The number of rotatable bonds is 8. The fraction of sp³-hybridized carbons (Fsp3) is 0.464. The lowest BCUT2D eigenvalue weighted by Gasteiger charge is -2.39. The monoisotopic (exact) mass is 558 g/mol. The molecule has 2 aromatic rings. The van der Waals surface area contributed by atoms with Gasteiger partial charge in [0.1, 0.15) is 5.82 Å². The van der Waals surface area contributed by atoms with E-state index in [-0.39, 0.29) is 11.8 Å². The Labute approximate surface area is 231 Å². The third kappa shape index (κ3) is 6.94. The molecule has 5 rings (SSSR count). The number of carboxylic acids is 2. The Morgan fingerprint density at radius 1 is 0.875 bits per heavy atom. The number of piperazine rings is 1. The molecule has 2 fully saturated rings. The van der Waals surface area contributed by atoms with Gasteiger partial charge in [-0.3, -0.25) is 9.80 Å². The maximum absolute atomic E-state index is 13.4. The van der Waals surface area contributed by atoms with Crippen molar-refractivity contribution >= 4 is 18.0 Å². The standard InChI is InChI=1S/C24H29FN4O.C4H6O6/c25-19-7-5-18(6-8-19)22-17-23(21-4-2-1-3-20(21)22)28-14-11-27(12-15-28)13-16-29-10-9-26-24(29)30;5-1(3(7)8)2(6)4(9)10/h1-8,22-23H,9-17H2,(H,26,30);1-2,5-6H,(H,7,8)(H,9,10)/t22-,23+;1-,2-/m01/s1. The van der Waals surface area contributed by atoms with Crippen LogP contribution in [-0.4, -0.2) is 118 Å². The number of hydrogen-bond acceptors (Lipinski definition) is 7. The summed E-state index contributed by atoms with van der Waals surface area (Å²) in [4.78, 5) is 38.3. The molecule has 0 unspecified atom stereocenters. The minimum atomic E-state index is -2.27.